The summed E-state index contributed by atoms with van der Waals surface area (Å²) in [6.07, 6.45) is 2.37. The summed E-state index contributed by atoms with van der Waals surface area (Å²) >= 11 is 0. The van der Waals surface area contributed by atoms with Crippen molar-refractivity contribution in [2.75, 3.05) is 20.2 Å². The van der Waals surface area contributed by atoms with E-state index in [0.717, 1.165) is 37.1 Å². The van der Waals surface area contributed by atoms with Gasteiger partial charge in [0.2, 0.25) is 5.76 Å². The lowest BCUT2D eigenvalue weighted by molar-refractivity contribution is 0.0563. The number of rotatable bonds is 4. The highest BCUT2D eigenvalue weighted by Crippen LogP contribution is 2.21. The molecule has 0 radical (unpaired) electrons. The van der Waals surface area contributed by atoms with E-state index in [1.165, 1.54) is 7.11 Å². The van der Waals surface area contributed by atoms with Crippen molar-refractivity contribution in [3.05, 3.63) is 23.2 Å². The average Bonchev–Trinajstić information content (AvgIpc) is 2.81. The van der Waals surface area contributed by atoms with E-state index in [-0.39, 0.29) is 11.9 Å². The van der Waals surface area contributed by atoms with Crippen molar-refractivity contribution in [1.29, 1.82) is 0 Å². The number of likely N-dealkylation sites (tertiary alicyclic amines) is 1. The Kier molecular flexibility index (Phi) is 4.61. The van der Waals surface area contributed by atoms with Crippen LogP contribution >= 0.6 is 0 Å². The Labute approximate surface area is 113 Å². The maximum Gasteiger partial charge on any atom is 0.373 e. The molecule has 1 saturated heterocycles. The predicted molar refractivity (Wildman–Crippen MR) is 69.9 cm³/mol. The molecule has 0 bridgehead atoms. The van der Waals surface area contributed by atoms with Crippen LogP contribution in [0, 0.1) is 0 Å². The van der Waals surface area contributed by atoms with Crippen molar-refractivity contribution in [1.82, 2.24) is 4.90 Å². The van der Waals surface area contributed by atoms with Crippen LogP contribution in [0.5, 0.6) is 0 Å². The summed E-state index contributed by atoms with van der Waals surface area (Å²) in [5.74, 6) is 0.631. The van der Waals surface area contributed by atoms with Gasteiger partial charge in [-0.2, -0.15) is 0 Å². The van der Waals surface area contributed by atoms with Crippen molar-refractivity contribution in [3.63, 3.8) is 0 Å². The molecule has 19 heavy (non-hydrogen) atoms. The summed E-state index contributed by atoms with van der Waals surface area (Å²) in [5.41, 5.74) is 1.01. The van der Waals surface area contributed by atoms with E-state index in [1.807, 2.05) is 6.92 Å². The van der Waals surface area contributed by atoms with Crippen LogP contribution in [0.15, 0.2) is 10.5 Å². The van der Waals surface area contributed by atoms with Gasteiger partial charge in [0.05, 0.1) is 13.2 Å². The topological polar surface area (TPSA) is 62.9 Å². The molecule has 1 aliphatic heterocycles. The molecular weight excluding hydrogens is 246 g/mol. The zero-order valence-corrected chi connectivity index (χ0v) is 11.5. The number of hydrogen-bond donors (Lipinski definition) is 1. The van der Waals surface area contributed by atoms with Gasteiger partial charge in [0.1, 0.15) is 5.76 Å². The van der Waals surface area contributed by atoms with Crippen molar-refractivity contribution >= 4 is 5.97 Å². The highest BCUT2D eigenvalue weighted by atomic mass is 16.5. The van der Waals surface area contributed by atoms with Crippen LogP contribution in [-0.2, 0) is 17.7 Å². The third kappa shape index (κ3) is 3.36. The molecule has 2 heterocycles. The molecule has 0 saturated carbocycles. The van der Waals surface area contributed by atoms with E-state index < -0.39 is 5.97 Å². The lowest BCUT2D eigenvalue weighted by Crippen LogP contribution is -2.37. The van der Waals surface area contributed by atoms with E-state index in [1.54, 1.807) is 6.07 Å². The van der Waals surface area contributed by atoms with E-state index in [4.69, 9.17) is 4.42 Å². The molecule has 1 aliphatic rings. The molecule has 2 rings (SSSR count). The number of piperidine rings is 1. The monoisotopic (exact) mass is 267 g/mol. The normalized spacial score (nSPS) is 20.5. The standard InChI is InChI=1S/C14H21NO4/c1-3-12-10(7-13(19-12)14(17)18-2)8-15-6-4-5-11(16)9-15/h7,11,16H,3-6,8-9H2,1-2H3. The molecule has 1 unspecified atom stereocenters. The molecule has 0 amide bonds. The summed E-state index contributed by atoms with van der Waals surface area (Å²) in [7, 11) is 1.34. The number of esters is 1. The van der Waals surface area contributed by atoms with E-state index in [0.29, 0.717) is 13.1 Å². The molecule has 0 aliphatic carbocycles. The quantitative estimate of drug-likeness (QED) is 0.839. The minimum absolute atomic E-state index is 0.245. The summed E-state index contributed by atoms with van der Waals surface area (Å²) in [4.78, 5) is 13.7. The molecule has 1 aromatic rings. The van der Waals surface area contributed by atoms with Crippen LogP contribution in [0.2, 0.25) is 0 Å². The molecule has 5 nitrogen and oxygen atoms in total. The Bertz CT molecular complexity index is 441. The van der Waals surface area contributed by atoms with Crippen molar-refractivity contribution in [3.8, 4) is 0 Å². The second kappa shape index (κ2) is 6.21. The molecule has 106 valence electrons. The SMILES string of the molecule is CCc1oc(C(=O)OC)cc1CN1CCCC(O)C1. The Hall–Kier alpha value is -1.33. The fraction of sp³-hybridized carbons (Fsp3) is 0.643. The van der Waals surface area contributed by atoms with Gasteiger partial charge in [-0.3, -0.25) is 4.90 Å². The van der Waals surface area contributed by atoms with Crippen molar-refractivity contribution in [2.24, 2.45) is 0 Å². The third-order valence-electron chi connectivity index (χ3n) is 3.48. The van der Waals surface area contributed by atoms with Crippen LogP contribution < -0.4 is 0 Å². The summed E-state index contributed by atoms with van der Waals surface area (Å²) < 4.78 is 10.2. The molecule has 1 atom stereocenters. The maximum atomic E-state index is 11.5. The van der Waals surface area contributed by atoms with Gasteiger partial charge in [-0.1, -0.05) is 6.92 Å². The Balaban J connectivity index is 2.10. The summed E-state index contributed by atoms with van der Waals surface area (Å²) in [6, 6.07) is 1.76. The number of β-amino-alcohol motifs (C(OH)–C–C–N with tert-alkyl or cyclic N) is 1. The fourth-order valence-electron chi connectivity index (χ4n) is 2.52. The highest BCUT2D eigenvalue weighted by molar-refractivity contribution is 5.86. The zero-order valence-electron chi connectivity index (χ0n) is 11.5. The predicted octanol–water partition coefficient (Wildman–Crippen LogP) is 1.59. The largest absolute Gasteiger partial charge is 0.463 e. The van der Waals surface area contributed by atoms with Gasteiger partial charge in [-0.25, -0.2) is 4.79 Å². The third-order valence-corrected chi connectivity index (χ3v) is 3.48. The second-order valence-electron chi connectivity index (χ2n) is 4.94. The molecule has 1 aromatic heterocycles. The van der Waals surface area contributed by atoms with Gasteiger partial charge in [-0.15, -0.1) is 0 Å². The van der Waals surface area contributed by atoms with Gasteiger partial charge in [0, 0.05) is 25.1 Å². The number of ether oxygens (including phenoxy) is 1. The minimum Gasteiger partial charge on any atom is -0.463 e. The van der Waals surface area contributed by atoms with Gasteiger partial charge >= 0.3 is 5.97 Å². The Morgan fingerprint density at radius 1 is 1.63 bits per heavy atom. The molecule has 1 fully saturated rings. The lowest BCUT2D eigenvalue weighted by atomic mass is 10.1. The van der Waals surface area contributed by atoms with Gasteiger partial charge in [0.25, 0.3) is 0 Å². The molecule has 0 spiro atoms. The zero-order chi connectivity index (χ0) is 13.8. The first-order chi connectivity index (χ1) is 9.13. The maximum absolute atomic E-state index is 11.5. The molecule has 0 aromatic carbocycles. The first-order valence-corrected chi connectivity index (χ1v) is 6.74. The van der Waals surface area contributed by atoms with E-state index in [2.05, 4.69) is 9.64 Å². The van der Waals surface area contributed by atoms with Crippen LogP contribution in [0.4, 0.5) is 0 Å². The van der Waals surface area contributed by atoms with Crippen molar-refractivity contribution < 1.29 is 19.1 Å². The number of aryl methyl sites for hydroxylation is 1. The van der Waals surface area contributed by atoms with Gasteiger partial charge < -0.3 is 14.3 Å². The minimum atomic E-state index is -0.445. The number of methoxy groups -OCH3 is 1. The lowest BCUT2D eigenvalue weighted by Gasteiger charge is -2.29. The van der Waals surface area contributed by atoms with Gasteiger partial charge in [-0.05, 0) is 25.5 Å². The Morgan fingerprint density at radius 2 is 2.42 bits per heavy atom. The molecule has 1 N–H and O–H groups in total. The smallest absolute Gasteiger partial charge is 0.373 e. The number of carbonyl (C=O) groups excluding carboxylic acids is 1. The van der Waals surface area contributed by atoms with Crippen LogP contribution in [0.3, 0.4) is 0 Å². The second-order valence-corrected chi connectivity index (χ2v) is 4.94. The summed E-state index contributed by atoms with van der Waals surface area (Å²) in [6.45, 7) is 4.36. The van der Waals surface area contributed by atoms with Crippen LogP contribution in [0.25, 0.3) is 0 Å². The average molecular weight is 267 g/mol. The first kappa shape index (κ1) is 14.1. The first-order valence-electron chi connectivity index (χ1n) is 6.74. The number of aliphatic hydroxyl groups is 1. The van der Waals surface area contributed by atoms with E-state index in [9.17, 15) is 9.90 Å². The number of carbonyl (C=O) groups is 1. The number of furan rings is 1. The van der Waals surface area contributed by atoms with Crippen LogP contribution in [0.1, 0.15) is 41.6 Å². The highest BCUT2D eigenvalue weighted by Gasteiger charge is 2.21. The number of hydrogen-bond acceptors (Lipinski definition) is 5. The molecule has 5 heteroatoms. The number of aliphatic hydroxyl groups excluding tert-OH is 1. The van der Waals surface area contributed by atoms with Crippen LogP contribution in [-0.4, -0.2) is 42.3 Å². The van der Waals surface area contributed by atoms with Crippen molar-refractivity contribution in [2.45, 2.75) is 38.8 Å². The molecular formula is C14H21NO4. The van der Waals surface area contributed by atoms with E-state index >= 15 is 0 Å². The van der Waals surface area contributed by atoms with Gasteiger partial charge in [0.15, 0.2) is 0 Å². The summed E-state index contributed by atoms with van der Waals surface area (Å²) in [5, 5.41) is 9.68. The number of nitrogens with zero attached hydrogens (tertiary/aromatic N) is 1. The fourth-order valence-corrected chi connectivity index (χ4v) is 2.52. The Morgan fingerprint density at radius 3 is 3.05 bits per heavy atom.